The number of benzene rings is 1. The summed E-state index contributed by atoms with van der Waals surface area (Å²) in [6.07, 6.45) is 0. The Morgan fingerprint density at radius 2 is 2.06 bits per heavy atom. The van der Waals surface area contributed by atoms with E-state index in [0.29, 0.717) is 12.1 Å². The maximum Gasteiger partial charge on any atom is 0.318 e. The first-order valence-corrected chi connectivity index (χ1v) is 5.19. The highest BCUT2D eigenvalue weighted by Gasteiger charge is 2.22. The molecule has 0 amide bonds. The van der Waals surface area contributed by atoms with Gasteiger partial charge in [0, 0.05) is 11.3 Å². The van der Waals surface area contributed by atoms with Crippen molar-refractivity contribution >= 4 is 17.7 Å². The van der Waals surface area contributed by atoms with E-state index in [2.05, 4.69) is 0 Å². The molecule has 0 heterocycles. The predicted octanol–water partition coefficient (Wildman–Crippen LogP) is 3.31. The monoisotopic (exact) mass is 249 g/mol. The Balaban J connectivity index is 3.09. The Hall–Kier alpha value is -1.37. The minimum atomic E-state index is -1.08. The first kappa shape index (κ1) is 12.7. The fourth-order valence-electron chi connectivity index (χ4n) is 0.909. The molecule has 0 bridgehead atoms. The van der Waals surface area contributed by atoms with E-state index < -0.39 is 28.0 Å². The number of rotatable bonds is 4. The number of nitro groups is 1. The maximum atomic E-state index is 13.2. The highest BCUT2D eigenvalue weighted by atomic mass is 32.2. The van der Waals surface area contributed by atoms with Crippen molar-refractivity contribution in [3.05, 3.63) is 33.9 Å². The van der Waals surface area contributed by atoms with E-state index in [1.807, 2.05) is 0 Å². The van der Waals surface area contributed by atoms with Gasteiger partial charge in [-0.25, -0.2) is 8.78 Å². The molecule has 7 heteroatoms. The van der Waals surface area contributed by atoms with Crippen LogP contribution in [0.15, 0.2) is 12.1 Å². The molecular weight excluding hydrogens is 240 g/mol. The lowest BCUT2D eigenvalue weighted by Gasteiger charge is -2.07. The molecule has 0 aliphatic carbocycles. The molecule has 0 aliphatic heterocycles. The molecule has 16 heavy (non-hydrogen) atoms. The van der Waals surface area contributed by atoms with Crippen LogP contribution in [0.3, 0.4) is 0 Å². The summed E-state index contributed by atoms with van der Waals surface area (Å²) in [5.74, 6) is -2.64. The maximum absolute atomic E-state index is 13.2. The molecule has 0 atom stereocenters. The van der Waals surface area contributed by atoms with E-state index in [9.17, 15) is 18.9 Å². The van der Waals surface area contributed by atoms with Crippen LogP contribution in [0, 0.1) is 21.7 Å². The Morgan fingerprint density at radius 3 is 2.56 bits per heavy atom. The van der Waals surface area contributed by atoms with Crippen molar-refractivity contribution in [2.75, 3.05) is 0 Å². The highest BCUT2D eigenvalue weighted by molar-refractivity contribution is 7.95. The zero-order valence-corrected chi connectivity index (χ0v) is 9.38. The third-order valence-corrected chi connectivity index (χ3v) is 2.16. The molecule has 0 saturated carbocycles. The van der Waals surface area contributed by atoms with Crippen LogP contribution in [0.4, 0.5) is 14.5 Å². The Labute approximate surface area is 95.0 Å². The van der Waals surface area contributed by atoms with E-state index in [1.54, 1.807) is 13.8 Å². The first-order valence-electron chi connectivity index (χ1n) is 4.38. The molecule has 0 fully saturated rings. The Morgan fingerprint density at radius 1 is 1.44 bits per heavy atom. The van der Waals surface area contributed by atoms with Gasteiger partial charge in [0.1, 0.15) is 5.82 Å². The number of hydrogen-bond donors (Lipinski definition) is 0. The second-order valence-electron chi connectivity index (χ2n) is 3.22. The second-order valence-corrected chi connectivity index (χ2v) is 4.52. The summed E-state index contributed by atoms with van der Waals surface area (Å²) in [5.41, 5.74) is -0.717. The van der Waals surface area contributed by atoms with Gasteiger partial charge in [-0.3, -0.25) is 10.1 Å². The van der Waals surface area contributed by atoms with Gasteiger partial charge in [0.05, 0.1) is 23.0 Å². The number of nitro benzene ring substituents is 1. The largest absolute Gasteiger partial charge is 0.415 e. The molecule has 1 rings (SSSR count). The van der Waals surface area contributed by atoms with Gasteiger partial charge in [-0.15, -0.1) is 0 Å². The molecule has 0 saturated heterocycles. The summed E-state index contributed by atoms with van der Waals surface area (Å²) in [4.78, 5) is 9.67. The van der Waals surface area contributed by atoms with Crippen molar-refractivity contribution < 1.29 is 17.9 Å². The molecule has 0 aromatic heterocycles. The fourth-order valence-corrected chi connectivity index (χ4v) is 1.36. The van der Waals surface area contributed by atoms with Crippen LogP contribution in [0.1, 0.15) is 13.8 Å². The van der Waals surface area contributed by atoms with Gasteiger partial charge in [0.25, 0.3) is 0 Å². The first-order chi connectivity index (χ1) is 7.41. The van der Waals surface area contributed by atoms with Crippen LogP contribution >= 0.6 is 12.0 Å². The second kappa shape index (κ2) is 5.11. The molecule has 0 spiro atoms. The SMILES string of the molecule is CC(C)SOc1c(F)cc(F)cc1[N+](=O)[O-]. The zero-order chi connectivity index (χ0) is 12.3. The normalized spacial score (nSPS) is 10.6. The summed E-state index contributed by atoms with van der Waals surface area (Å²) in [5, 5.41) is 10.6. The zero-order valence-electron chi connectivity index (χ0n) is 8.57. The molecular formula is C9H9F2NO3S. The van der Waals surface area contributed by atoms with Crippen molar-refractivity contribution in [1.29, 1.82) is 0 Å². The van der Waals surface area contributed by atoms with Crippen LogP contribution in [-0.4, -0.2) is 10.2 Å². The van der Waals surface area contributed by atoms with Crippen molar-refractivity contribution in [2.45, 2.75) is 19.1 Å². The van der Waals surface area contributed by atoms with Gasteiger partial charge in [0.2, 0.25) is 5.75 Å². The standard InChI is InChI=1S/C9H9F2NO3S/c1-5(2)16-15-9-7(11)3-6(10)4-8(9)12(13)14/h3-5H,1-2H3. The van der Waals surface area contributed by atoms with Crippen molar-refractivity contribution in [3.8, 4) is 5.75 Å². The predicted molar refractivity (Wildman–Crippen MR) is 56.4 cm³/mol. The highest BCUT2D eigenvalue weighted by Crippen LogP contribution is 2.34. The Bertz CT molecular complexity index is 412. The van der Waals surface area contributed by atoms with Gasteiger partial charge in [-0.2, -0.15) is 0 Å². The van der Waals surface area contributed by atoms with E-state index in [-0.39, 0.29) is 5.25 Å². The summed E-state index contributed by atoms with van der Waals surface area (Å²) >= 11 is 0.869. The molecule has 4 nitrogen and oxygen atoms in total. The minimum Gasteiger partial charge on any atom is -0.415 e. The lowest BCUT2D eigenvalue weighted by Crippen LogP contribution is -1.99. The van der Waals surface area contributed by atoms with Gasteiger partial charge < -0.3 is 4.18 Å². The molecule has 88 valence electrons. The molecule has 1 aromatic rings. The lowest BCUT2D eigenvalue weighted by molar-refractivity contribution is -0.385. The molecule has 0 N–H and O–H groups in total. The average molecular weight is 249 g/mol. The summed E-state index contributed by atoms with van der Waals surface area (Å²) in [6.45, 7) is 3.55. The molecule has 0 unspecified atom stereocenters. The van der Waals surface area contributed by atoms with E-state index in [4.69, 9.17) is 4.18 Å². The van der Waals surface area contributed by atoms with Crippen molar-refractivity contribution in [1.82, 2.24) is 0 Å². The number of nitrogens with zero attached hydrogens (tertiary/aromatic N) is 1. The molecule has 0 radical (unpaired) electrons. The van der Waals surface area contributed by atoms with Gasteiger partial charge in [0.15, 0.2) is 5.82 Å². The van der Waals surface area contributed by atoms with Crippen LogP contribution < -0.4 is 4.18 Å². The fraction of sp³-hybridized carbons (Fsp3) is 0.333. The van der Waals surface area contributed by atoms with Gasteiger partial charge >= 0.3 is 5.69 Å². The molecule has 0 aliphatic rings. The summed E-state index contributed by atoms with van der Waals surface area (Å²) in [6, 6.07) is 1.17. The lowest BCUT2D eigenvalue weighted by atomic mass is 10.3. The topological polar surface area (TPSA) is 52.4 Å². The smallest absolute Gasteiger partial charge is 0.318 e. The van der Waals surface area contributed by atoms with E-state index >= 15 is 0 Å². The van der Waals surface area contributed by atoms with Gasteiger partial charge in [-0.05, 0) is 0 Å². The summed E-state index contributed by atoms with van der Waals surface area (Å²) < 4.78 is 30.9. The third kappa shape index (κ3) is 3.06. The van der Waals surface area contributed by atoms with Crippen LogP contribution in [-0.2, 0) is 0 Å². The van der Waals surface area contributed by atoms with Crippen molar-refractivity contribution in [3.63, 3.8) is 0 Å². The third-order valence-electron chi connectivity index (χ3n) is 1.51. The average Bonchev–Trinajstić information content (AvgIpc) is 2.14. The van der Waals surface area contributed by atoms with Crippen LogP contribution in [0.25, 0.3) is 0 Å². The van der Waals surface area contributed by atoms with Crippen LogP contribution in [0.2, 0.25) is 0 Å². The molecule has 1 aromatic carbocycles. The van der Waals surface area contributed by atoms with Gasteiger partial charge in [-0.1, -0.05) is 13.8 Å². The van der Waals surface area contributed by atoms with Crippen molar-refractivity contribution in [2.24, 2.45) is 0 Å². The summed E-state index contributed by atoms with van der Waals surface area (Å²) in [7, 11) is 0. The quantitative estimate of drug-likeness (QED) is 0.466. The van der Waals surface area contributed by atoms with E-state index in [1.165, 1.54) is 0 Å². The minimum absolute atomic E-state index is 0.00376. The number of hydrogen-bond acceptors (Lipinski definition) is 4. The number of halogens is 2. The van der Waals surface area contributed by atoms with Crippen LogP contribution in [0.5, 0.6) is 5.75 Å². The Kier molecular flexibility index (Phi) is 4.05. The van der Waals surface area contributed by atoms with E-state index in [0.717, 1.165) is 12.0 Å².